The maximum Gasteiger partial charge on any atom is 0.0559 e. The second-order valence-electron chi connectivity index (χ2n) is 4.22. The summed E-state index contributed by atoms with van der Waals surface area (Å²) >= 11 is 0. The lowest BCUT2D eigenvalue weighted by Gasteiger charge is -2.13. The lowest BCUT2D eigenvalue weighted by Crippen LogP contribution is -2.31. The molecule has 1 rings (SSSR count). The monoisotopic (exact) mass is 225 g/mol. The van der Waals surface area contributed by atoms with E-state index in [1.807, 2.05) is 23.1 Å². The van der Waals surface area contributed by atoms with Crippen molar-refractivity contribution in [1.29, 1.82) is 0 Å². The topological polar surface area (TPSA) is 50.1 Å². The van der Waals surface area contributed by atoms with Gasteiger partial charge in [0.05, 0.1) is 6.54 Å². The molecule has 4 heteroatoms. The Morgan fingerprint density at radius 3 is 2.81 bits per heavy atom. The minimum atomic E-state index is 0.323. The first kappa shape index (κ1) is 13.2. The summed E-state index contributed by atoms with van der Waals surface area (Å²) in [6.45, 7) is 4.47. The average Bonchev–Trinajstić information content (AvgIpc) is 2.76. The van der Waals surface area contributed by atoms with Crippen LogP contribution < -0.4 is 5.32 Å². The van der Waals surface area contributed by atoms with Crippen LogP contribution in [0.15, 0.2) is 18.5 Å². The Balaban J connectivity index is 1.96. The highest BCUT2D eigenvalue weighted by atomic mass is 16.2. The van der Waals surface area contributed by atoms with Gasteiger partial charge >= 0.3 is 0 Å². The molecule has 0 aliphatic heterocycles. The minimum absolute atomic E-state index is 0.323. The molecule has 2 N–H and O–H groups in total. The predicted octanol–water partition coefficient (Wildman–Crippen LogP) is 1.41. The number of rotatable bonds is 9. The van der Waals surface area contributed by atoms with Crippen molar-refractivity contribution in [2.24, 2.45) is 0 Å². The molecule has 1 atom stereocenters. The van der Waals surface area contributed by atoms with Gasteiger partial charge < -0.3 is 10.4 Å². The van der Waals surface area contributed by atoms with Crippen LogP contribution >= 0.6 is 0 Å². The first-order chi connectivity index (χ1) is 7.83. The van der Waals surface area contributed by atoms with E-state index in [2.05, 4.69) is 17.3 Å². The van der Waals surface area contributed by atoms with Crippen LogP contribution in [-0.4, -0.2) is 34.1 Å². The van der Waals surface area contributed by atoms with E-state index >= 15 is 0 Å². The molecule has 0 bridgehead atoms. The number of hydrogen-bond donors (Lipinski definition) is 2. The average molecular weight is 225 g/mol. The Kier molecular flexibility index (Phi) is 6.85. The fraction of sp³-hybridized carbons (Fsp3) is 0.750. The van der Waals surface area contributed by atoms with Crippen molar-refractivity contribution in [2.75, 3.05) is 13.2 Å². The van der Waals surface area contributed by atoms with E-state index in [9.17, 15) is 0 Å². The Labute approximate surface area is 97.7 Å². The smallest absolute Gasteiger partial charge is 0.0559 e. The van der Waals surface area contributed by atoms with Crippen molar-refractivity contribution < 1.29 is 5.11 Å². The molecule has 0 amide bonds. The van der Waals surface area contributed by atoms with Crippen molar-refractivity contribution in [3.8, 4) is 0 Å². The van der Waals surface area contributed by atoms with E-state index in [-0.39, 0.29) is 0 Å². The number of aliphatic hydroxyl groups is 1. The molecule has 4 nitrogen and oxygen atoms in total. The van der Waals surface area contributed by atoms with E-state index in [1.54, 1.807) is 0 Å². The van der Waals surface area contributed by atoms with Crippen molar-refractivity contribution in [3.63, 3.8) is 0 Å². The number of nitrogens with zero attached hydrogens (tertiary/aromatic N) is 2. The van der Waals surface area contributed by atoms with E-state index in [0.717, 1.165) is 25.9 Å². The third-order valence-electron chi connectivity index (χ3n) is 2.60. The molecular weight excluding hydrogens is 202 g/mol. The van der Waals surface area contributed by atoms with Gasteiger partial charge in [-0.15, -0.1) is 0 Å². The van der Waals surface area contributed by atoms with Crippen molar-refractivity contribution in [3.05, 3.63) is 18.5 Å². The number of aromatic nitrogens is 2. The molecule has 1 aromatic rings. The highest BCUT2D eigenvalue weighted by Crippen LogP contribution is 1.98. The molecule has 92 valence electrons. The van der Waals surface area contributed by atoms with Crippen LogP contribution in [-0.2, 0) is 6.54 Å². The molecule has 1 aromatic heterocycles. The van der Waals surface area contributed by atoms with E-state index < -0.39 is 0 Å². The van der Waals surface area contributed by atoms with Gasteiger partial charge in [-0.3, -0.25) is 4.68 Å². The number of hydrogen-bond acceptors (Lipinski definition) is 3. The Hall–Kier alpha value is -0.870. The van der Waals surface area contributed by atoms with Gasteiger partial charge in [-0.1, -0.05) is 12.8 Å². The predicted molar refractivity (Wildman–Crippen MR) is 65.2 cm³/mol. The maximum absolute atomic E-state index is 8.63. The summed E-state index contributed by atoms with van der Waals surface area (Å²) in [5.74, 6) is 0. The first-order valence-corrected chi connectivity index (χ1v) is 6.14. The van der Waals surface area contributed by atoms with Crippen LogP contribution in [0.1, 0.15) is 32.6 Å². The Morgan fingerprint density at radius 2 is 2.12 bits per heavy atom. The van der Waals surface area contributed by atoms with Crippen molar-refractivity contribution >= 4 is 0 Å². The van der Waals surface area contributed by atoms with Crippen LogP contribution in [0.5, 0.6) is 0 Å². The lowest BCUT2D eigenvalue weighted by molar-refractivity contribution is 0.282. The molecule has 16 heavy (non-hydrogen) atoms. The third kappa shape index (κ3) is 5.88. The molecular formula is C12H23N3O. The van der Waals surface area contributed by atoms with E-state index in [0.29, 0.717) is 12.6 Å². The summed E-state index contributed by atoms with van der Waals surface area (Å²) < 4.78 is 1.95. The Bertz CT molecular complexity index is 249. The van der Waals surface area contributed by atoms with Gasteiger partial charge in [0.2, 0.25) is 0 Å². The maximum atomic E-state index is 8.63. The second-order valence-corrected chi connectivity index (χ2v) is 4.22. The molecule has 0 fully saturated rings. The van der Waals surface area contributed by atoms with Gasteiger partial charge in [0.25, 0.3) is 0 Å². The SMILES string of the molecule is CC(Cn1cccn1)NCCCCCCO. The molecule has 0 spiro atoms. The first-order valence-electron chi connectivity index (χ1n) is 6.14. The zero-order valence-corrected chi connectivity index (χ0v) is 10.1. The number of unbranched alkanes of at least 4 members (excludes halogenated alkanes) is 3. The molecule has 0 radical (unpaired) electrons. The summed E-state index contributed by atoms with van der Waals surface area (Å²) in [6.07, 6.45) is 8.24. The summed E-state index contributed by atoms with van der Waals surface area (Å²) in [4.78, 5) is 0. The standard InChI is InChI=1S/C12H23N3O/c1-12(11-15-9-6-8-14-15)13-7-4-2-3-5-10-16/h6,8-9,12-13,16H,2-5,7,10-11H2,1H3. The van der Waals surface area contributed by atoms with Gasteiger partial charge in [0.1, 0.15) is 0 Å². The summed E-state index contributed by atoms with van der Waals surface area (Å²) in [6, 6.07) is 2.40. The van der Waals surface area contributed by atoms with Crippen molar-refractivity contribution in [2.45, 2.75) is 45.2 Å². The normalized spacial score (nSPS) is 12.9. The largest absolute Gasteiger partial charge is 0.396 e. The van der Waals surface area contributed by atoms with E-state index in [4.69, 9.17) is 5.11 Å². The molecule has 0 saturated carbocycles. The van der Waals surface area contributed by atoms with Crippen LogP contribution in [0.2, 0.25) is 0 Å². The van der Waals surface area contributed by atoms with Crippen LogP contribution in [0.3, 0.4) is 0 Å². The molecule has 0 aliphatic rings. The fourth-order valence-electron chi connectivity index (χ4n) is 1.69. The van der Waals surface area contributed by atoms with Gasteiger partial charge in [0, 0.05) is 25.0 Å². The second kappa shape index (κ2) is 8.30. The molecule has 1 heterocycles. The van der Waals surface area contributed by atoms with Crippen LogP contribution in [0, 0.1) is 0 Å². The fourth-order valence-corrected chi connectivity index (χ4v) is 1.69. The quantitative estimate of drug-likeness (QED) is 0.625. The lowest BCUT2D eigenvalue weighted by atomic mass is 10.2. The van der Waals surface area contributed by atoms with Crippen LogP contribution in [0.4, 0.5) is 0 Å². The van der Waals surface area contributed by atoms with Gasteiger partial charge in [-0.25, -0.2) is 0 Å². The van der Waals surface area contributed by atoms with Gasteiger partial charge in [0.15, 0.2) is 0 Å². The van der Waals surface area contributed by atoms with Crippen LogP contribution in [0.25, 0.3) is 0 Å². The van der Waals surface area contributed by atoms with Gasteiger partial charge in [-0.2, -0.15) is 5.10 Å². The summed E-state index contributed by atoms with van der Waals surface area (Å²) in [5.41, 5.74) is 0. The molecule has 0 aliphatic carbocycles. The molecule has 1 unspecified atom stereocenters. The third-order valence-corrected chi connectivity index (χ3v) is 2.60. The zero-order valence-electron chi connectivity index (χ0n) is 10.1. The number of aliphatic hydroxyl groups excluding tert-OH is 1. The molecule has 0 aromatic carbocycles. The van der Waals surface area contributed by atoms with Gasteiger partial charge in [-0.05, 0) is 32.4 Å². The highest BCUT2D eigenvalue weighted by molar-refractivity contribution is 4.78. The highest BCUT2D eigenvalue weighted by Gasteiger charge is 2.01. The minimum Gasteiger partial charge on any atom is -0.396 e. The summed E-state index contributed by atoms with van der Waals surface area (Å²) in [7, 11) is 0. The van der Waals surface area contributed by atoms with E-state index in [1.165, 1.54) is 12.8 Å². The summed E-state index contributed by atoms with van der Waals surface area (Å²) in [5, 5.41) is 16.3. The molecule has 0 saturated heterocycles. The van der Waals surface area contributed by atoms with Crippen molar-refractivity contribution in [1.82, 2.24) is 15.1 Å². The zero-order chi connectivity index (χ0) is 11.6. The Morgan fingerprint density at radius 1 is 1.31 bits per heavy atom. The number of nitrogens with one attached hydrogen (secondary N) is 1.